The Morgan fingerprint density at radius 1 is 0.935 bits per heavy atom. The molecule has 0 saturated carbocycles. The van der Waals surface area contributed by atoms with Gasteiger partial charge in [-0.1, -0.05) is 12.1 Å². The summed E-state index contributed by atoms with van der Waals surface area (Å²) in [6.45, 7) is 2.41. The van der Waals surface area contributed by atoms with Crippen LogP contribution < -0.4 is 14.8 Å². The number of carbonyl (C=O) groups excluding carboxylic acids is 2. The van der Waals surface area contributed by atoms with Crippen LogP contribution in [0.1, 0.15) is 47.6 Å². The maximum atomic E-state index is 13.3. The van der Waals surface area contributed by atoms with Crippen LogP contribution in [0.25, 0.3) is 0 Å². The van der Waals surface area contributed by atoms with Gasteiger partial charge in [0.2, 0.25) is 0 Å². The monoisotopic (exact) mass is 422 g/mol. The van der Waals surface area contributed by atoms with Gasteiger partial charge in [-0.15, -0.1) is 0 Å². The molecular weight excluding hydrogens is 396 g/mol. The van der Waals surface area contributed by atoms with Crippen LogP contribution >= 0.6 is 0 Å². The Hall–Kier alpha value is -3.06. The van der Waals surface area contributed by atoms with Crippen molar-refractivity contribution in [2.75, 3.05) is 31.7 Å². The van der Waals surface area contributed by atoms with Crippen LogP contribution in [-0.4, -0.2) is 49.2 Å². The van der Waals surface area contributed by atoms with Crippen molar-refractivity contribution in [2.45, 2.75) is 37.8 Å². The second kappa shape index (κ2) is 8.59. The van der Waals surface area contributed by atoms with Crippen LogP contribution in [0, 0.1) is 0 Å². The number of hydrogen-bond acceptors (Lipinski definition) is 5. The summed E-state index contributed by atoms with van der Waals surface area (Å²) in [5.74, 6) is 1.30. The molecule has 162 valence electrons. The summed E-state index contributed by atoms with van der Waals surface area (Å²) in [7, 11) is 0. The van der Waals surface area contributed by atoms with Crippen molar-refractivity contribution in [2.24, 2.45) is 0 Å². The molecule has 2 amide bonds. The van der Waals surface area contributed by atoms with Crippen molar-refractivity contribution in [1.29, 1.82) is 0 Å². The second-order valence-corrected chi connectivity index (χ2v) is 8.13. The van der Waals surface area contributed by atoms with Crippen molar-refractivity contribution in [3.05, 3.63) is 53.6 Å². The SMILES string of the molecule is O=C(Nc1cccc(C(=O)N2CCC[C@H]2c2ccc3c(c2)OCCO3)c1)[C@@H]1CCCO1. The summed E-state index contributed by atoms with van der Waals surface area (Å²) in [4.78, 5) is 27.6. The Kier molecular flexibility index (Phi) is 5.51. The second-order valence-electron chi connectivity index (χ2n) is 8.13. The van der Waals surface area contributed by atoms with E-state index in [0.717, 1.165) is 42.7 Å². The highest BCUT2D eigenvalue weighted by atomic mass is 16.6. The molecule has 1 N–H and O–H groups in total. The van der Waals surface area contributed by atoms with Gasteiger partial charge in [0.05, 0.1) is 6.04 Å². The molecule has 0 spiro atoms. The number of likely N-dealkylation sites (tertiary alicyclic amines) is 1. The van der Waals surface area contributed by atoms with Gasteiger partial charge in [-0.05, 0) is 61.6 Å². The van der Waals surface area contributed by atoms with Crippen LogP contribution in [0.3, 0.4) is 0 Å². The lowest BCUT2D eigenvalue weighted by atomic mass is 10.0. The number of ether oxygens (including phenoxy) is 3. The number of rotatable bonds is 4. The molecule has 2 aromatic carbocycles. The number of nitrogens with one attached hydrogen (secondary N) is 1. The lowest BCUT2D eigenvalue weighted by molar-refractivity contribution is -0.124. The Bertz CT molecular complexity index is 986. The topological polar surface area (TPSA) is 77.1 Å². The zero-order chi connectivity index (χ0) is 21.2. The number of hydrogen-bond donors (Lipinski definition) is 1. The number of carbonyl (C=O) groups is 2. The summed E-state index contributed by atoms with van der Waals surface area (Å²) in [5, 5.41) is 2.88. The summed E-state index contributed by atoms with van der Waals surface area (Å²) in [6, 6.07) is 13.1. The molecule has 5 rings (SSSR count). The number of fused-ring (bicyclic) bond motifs is 1. The summed E-state index contributed by atoms with van der Waals surface area (Å²) in [5.41, 5.74) is 2.23. The smallest absolute Gasteiger partial charge is 0.254 e. The van der Waals surface area contributed by atoms with E-state index in [0.29, 0.717) is 37.6 Å². The summed E-state index contributed by atoms with van der Waals surface area (Å²) >= 11 is 0. The Morgan fingerprint density at radius 2 is 1.81 bits per heavy atom. The van der Waals surface area contributed by atoms with Crippen LogP contribution in [-0.2, 0) is 9.53 Å². The third kappa shape index (κ3) is 4.10. The van der Waals surface area contributed by atoms with Gasteiger partial charge in [0.15, 0.2) is 11.5 Å². The molecule has 0 unspecified atom stereocenters. The molecular formula is C24H26N2O5. The van der Waals surface area contributed by atoms with Crippen molar-refractivity contribution >= 4 is 17.5 Å². The first-order chi connectivity index (χ1) is 15.2. The van der Waals surface area contributed by atoms with Gasteiger partial charge in [-0.25, -0.2) is 0 Å². The molecule has 2 saturated heterocycles. The fourth-order valence-corrected chi connectivity index (χ4v) is 4.53. The number of nitrogens with zero attached hydrogens (tertiary/aromatic N) is 1. The van der Waals surface area contributed by atoms with E-state index >= 15 is 0 Å². The van der Waals surface area contributed by atoms with Crippen molar-refractivity contribution in [3.8, 4) is 11.5 Å². The Morgan fingerprint density at radius 3 is 2.65 bits per heavy atom. The number of benzene rings is 2. The average Bonchev–Trinajstić information content (AvgIpc) is 3.51. The third-order valence-corrected chi connectivity index (χ3v) is 6.06. The van der Waals surface area contributed by atoms with Gasteiger partial charge < -0.3 is 24.4 Å². The zero-order valence-electron chi connectivity index (χ0n) is 17.3. The fourth-order valence-electron chi connectivity index (χ4n) is 4.53. The Labute approximate surface area is 181 Å². The van der Waals surface area contributed by atoms with E-state index in [2.05, 4.69) is 5.32 Å². The Balaban J connectivity index is 1.32. The van der Waals surface area contributed by atoms with Crippen LogP contribution in [0.4, 0.5) is 5.69 Å². The molecule has 2 atom stereocenters. The molecule has 0 bridgehead atoms. The molecule has 0 aliphatic carbocycles. The van der Waals surface area contributed by atoms with E-state index in [9.17, 15) is 9.59 Å². The van der Waals surface area contributed by atoms with Gasteiger partial charge in [0, 0.05) is 24.4 Å². The summed E-state index contributed by atoms with van der Waals surface area (Å²) in [6.07, 6.45) is 3.07. The standard InChI is InChI=1S/C24H26N2O5/c27-23(21-7-3-11-29-21)25-18-5-1-4-17(14-18)24(28)26-10-2-6-19(26)16-8-9-20-22(15-16)31-13-12-30-20/h1,4-5,8-9,14-15,19,21H,2-3,6-7,10-13H2,(H,25,27)/t19-,21-/m0/s1. The highest BCUT2D eigenvalue weighted by Crippen LogP contribution is 2.38. The minimum atomic E-state index is -0.405. The number of amides is 2. The minimum absolute atomic E-state index is 0.00605. The maximum absolute atomic E-state index is 13.3. The molecule has 3 aliphatic rings. The first-order valence-corrected chi connectivity index (χ1v) is 10.9. The third-order valence-electron chi connectivity index (χ3n) is 6.06. The van der Waals surface area contributed by atoms with E-state index < -0.39 is 6.10 Å². The molecule has 2 aromatic rings. The largest absolute Gasteiger partial charge is 0.486 e. The molecule has 2 fully saturated rings. The van der Waals surface area contributed by atoms with Gasteiger partial charge in [-0.3, -0.25) is 9.59 Å². The van der Waals surface area contributed by atoms with Gasteiger partial charge in [-0.2, -0.15) is 0 Å². The zero-order valence-corrected chi connectivity index (χ0v) is 17.3. The highest BCUT2D eigenvalue weighted by Gasteiger charge is 2.32. The molecule has 0 aromatic heterocycles. The quantitative estimate of drug-likeness (QED) is 0.815. The van der Waals surface area contributed by atoms with Crippen LogP contribution in [0.15, 0.2) is 42.5 Å². The van der Waals surface area contributed by atoms with Crippen molar-refractivity contribution < 1.29 is 23.8 Å². The van der Waals surface area contributed by atoms with E-state index in [1.54, 1.807) is 24.3 Å². The maximum Gasteiger partial charge on any atom is 0.254 e. The first kappa shape index (κ1) is 19.9. The predicted octanol–water partition coefficient (Wildman–Crippen LogP) is 3.55. The lowest BCUT2D eigenvalue weighted by Gasteiger charge is -2.27. The molecule has 0 radical (unpaired) electrons. The van der Waals surface area contributed by atoms with Gasteiger partial charge in [0.1, 0.15) is 19.3 Å². The van der Waals surface area contributed by atoms with E-state index in [1.165, 1.54) is 0 Å². The van der Waals surface area contributed by atoms with Gasteiger partial charge >= 0.3 is 0 Å². The molecule has 7 heteroatoms. The van der Waals surface area contributed by atoms with Crippen molar-refractivity contribution in [1.82, 2.24) is 4.90 Å². The van der Waals surface area contributed by atoms with Gasteiger partial charge in [0.25, 0.3) is 11.8 Å². The predicted molar refractivity (Wildman–Crippen MR) is 114 cm³/mol. The first-order valence-electron chi connectivity index (χ1n) is 10.9. The van der Waals surface area contributed by atoms with E-state index in [1.807, 2.05) is 23.1 Å². The molecule has 31 heavy (non-hydrogen) atoms. The lowest BCUT2D eigenvalue weighted by Crippen LogP contribution is -2.31. The molecule has 7 nitrogen and oxygen atoms in total. The molecule has 3 aliphatic heterocycles. The normalized spacial score (nSPS) is 22.4. The van der Waals surface area contributed by atoms with Crippen molar-refractivity contribution in [3.63, 3.8) is 0 Å². The number of anilines is 1. The van der Waals surface area contributed by atoms with Crippen LogP contribution in [0.2, 0.25) is 0 Å². The van der Waals surface area contributed by atoms with E-state index in [4.69, 9.17) is 14.2 Å². The molecule has 3 heterocycles. The van der Waals surface area contributed by atoms with E-state index in [-0.39, 0.29) is 17.9 Å². The fraction of sp³-hybridized carbons (Fsp3) is 0.417. The minimum Gasteiger partial charge on any atom is -0.486 e. The highest BCUT2D eigenvalue weighted by molar-refractivity contribution is 5.98. The summed E-state index contributed by atoms with van der Waals surface area (Å²) < 4.78 is 16.8. The average molecular weight is 422 g/mol. The van der Waals surface area contributed by atoms with Crippen LogP contribution in [0.5, 0.6) is 11.5 Å².